The van der Waals surface area contributed by atoms with E-state index in [0.717, 1.165) is 17.4 Å². The van der Waals surface area contributed by atoms with Crippen LogP contribution in [-0.2, 0) is 9.53 Å². The van der Waals surface area contributed by atoms with Crippen molar-refractivity contribution < 1.29 is 14.0 Å². The van der Waals surface area contributed by atoms with Gasteiger partial charge in [0.25, 0.3) is 0 Å². The van der Waals surface area contributed by atoms with Crippen LogP contribution in [0.3, 0.4) is 0 Å². The molecule has 0 saturated heterocycles. The summed E-state index contributed by atoms with van der Waals surface area (Å²) >= 11 is 0. The van der Waals surface area contributed by atoms with Gasteiger partial charge < -0.3 is 14.0 Å². The number of nitrogens with zero attached hydrogens (tertiary/aromatic N) is 1. The molecular weight excluding hydrogens is 202 g/mol. The smallest absolute Gasteiger partial charge is 0.130 e. The zero-order valence-electron chi connectivity index (χ0n) is 11.5. The fourth-order valence-corrected chi connectivity index (χ4v) is 2.68. The summed E-state index contributed by atoms with van der Waals surface area (Å²) in [6.45, 7) is 6.82. The second kappa shape index (κ2) is 4.46. The van der Waals surface area contributed by atoms with Crippen molar-refractivity contribution in [3.8, 4) is 0 Å². The number of ether oxygens (including phenoxy) is 1. The Kier molecular flexibility index (Phi) is 3.80. The molecule has 0 aromatic heterocycles. The van der Waals surface area contributed by atoms with Gasteiger partial charge in [0, 0.05) is 6.42 Å². The van der Waals surface area contributed by atoms with Crippen LogP contribution in [0.4, 0.5) is 0 Å². The molecule has 0 N–H and O–H groups in total. The zero-order chi connectivity index (χ0) is 12.6. The van der Waals surface area contributed by atoms with E-state index in [1.54, 1.807) is 6.92 Å². The molecule has 0 amide bonds. The summed E-state index contributed by atoms with van der Waals surface area (Å²) in [6, 6.07) is 0. The molecule has 3 nitrogen and oxygen atoms in total. The number of hydrogen-bond donors (Lipinski definition) is 0. The third kappa shape index (κ3) is 3.87. The highest BCUT2D eigenvalue weighted by atomic mass is 16.5. The van der Waals surface area contributed by atoms with Gasteiger partial charge in [0.1, 0.15) is 5.78 Å². The van der Waals surface area contributed by atoms with Crippen LogP contribution in [0.1, 0.15) is 33.6 Å². The van der Waals surface area contributed by atoms with Crippen molar-refractivity contribution in [1.82, 2.24) is 0 Å². The van der Waals surface area contributed by atoms with Gasteiger partial charge in [-0.1, -0.05) is 0 Å². The summed E-state index contributed by atoms with van der Waals surface area (Å²) in [5.41, 5.74) is 0.106. The molecule has 0 bridgehead atoms. The number of ketones is 1. The minimum absolute atomic E-state index is 0.106. The molecular formula is C13H26NO2+. The summed E-state index contributed by atoms with van der Waals surface area (Å²) in [5.74, 6) is 0.281. The maximum absolute atomic E-state index is 11.4. The monoisotopic (exact) mass is 228 g/mol. The highest BCUT2D eigenvalue weighted by Crippen LogP contribution is 2.52. The molecule has 0 aromatic carbocycles. The van der Waals surface area contributed by atoms with E-state index in [2.05, 4.69) is 35.0 Å². The second-order valence-corrected chi connectivity index (χ2v) is 6.57. The lowest BCUT2D eigenvalue weighted by molar-refractivity contribution is -0.875. The van der Waals surface area contributed by atoms with E-state index in [-0.39, 0.29) is 23.4 Å². The Balaban J connectivity index is 2.63. The quantitative estimate of drug-likeness (QED) is 0.649. The van der Waals surface area contributed by atoms with Crippen LogP contribution in [0.25, 0.3) is 0 Å². The molecule has 94 valence electrons. The van der Waals surface area contributed by atoms with Gasteiger partial charge in [-0.25, -0.2) is 0 Å². The van der Waals surface area contributed by atoms with Crippen LogP contribution < -0.4 is 0 Å². The van der Waals surface area contributed by atoms with E-state index in [1.807, 2.05) is 0 Å². The Labute approximate surface area is 99.4 Å². The van der Waals surface area contributed by atoms with E-state index in [4.69, 9.17) is 4.74 Å². The zero-order valence-corrected chi connectivity index (χ0v) is 11.5. The van der Waals surface area contributed by atoms with Gasteiger partial charge in [0.05, 0.1) is 45.3 Å². The van der Waals surface area contributed by atoms with E-state index in [9.17, 15) is 4.79 Å². The molecule has 0 aliphatic heterocycles. The van der Waals surface area contributed by atoms with Gasteiger partial charge in [-0.3, -0.25) is 0 Å². The number of Topliss-reactive ketones (excluding diaryl/α,β-unsaturated/α-hetero) is 1. The molecule has 1 saturated carbocycles. The van der Waals surface area contributed by atoms with Crippen molar-refractivity contribution in [2.75, 3.05) is 27.7 Å². The molecule has 1 rings (SSSR count). The molecule has 1 fully saturated rings. The van der Waals surface area contributed by atoms with Crippen LogP contribution in [0.15, 0.2) is 0 Å². The van der Waals surface area contributed by atoms with Gasteiger partial charge in [-0.05, 0) is 27.2 Å². The Morgan fingerprint density at radius 3 is 2.38 bits per heavy atom. The summed E-state index contributed by atoms with van der Waals surface area (Å²) in [5, 5.41) is 0. The highest BCUT2D eigenvalue weighted by Gasteiger charge is 2.59. The summed E-state index contributed by atoms with van der Waals surface area (Å²) in [7, 11) is 6.52. The van der Waals surface area contributed by atoms with Gasteiger partial charge in [-0.2, -0.15) is 0 Å². The maximum Gasteiger partial charge on any atom is 0.130 e. The predicted molar refractivity (Wildman–Crippen MR) is 65.3 cm³/mol. The van der Waals surface area contributed by atoms with Gasteiger partial charge >= 0.3 is 0 Å². The van der Waals surface area contributed by atoms with Gasteiger partial charge in [0.2, 0.25) is 0 Å². The molecule has 2 atom stereocenters. The van der Waals surface area contributed by atoms with Crippen molar-refractivity contribution in [1.29, 1.82) is 0 Å². The summed E-state index contributed by atoms with van der Waals surface area (Å²) in [4.78, 5) is 11.4. The van der Waals surface area contributed by atoms with Crippen molar-refractivity contribution in [2.45, 2.75) is 45.8 Å². The summed E-state index contributed by atoms with van der Waals surface area (Å²) < 4.78 is 6.76. The Morgan fingerprint density at radius 1 is 1.44 bits per heavy atom. The van der Waals surface area contributed by atoms with Crippen LogP contribution in [0.5, 0.6) is 0 Å². The van der Waals surface area contributed by atoms with Crippen molar-refractivity contribution in [3.63, 3.8) is 0 Å². The first-order valence-electron chi connectivity index (χ1n) is 6.10. The van der Waals surface area contributed by atoms with Crippen LogP contribution >= 0.6 is 0 Å². The predicted octanol–water partition coefficient (Wildman–Crippen LogP) is 1.86. The fourth-order valence-electron chi connectivity index (χ4n) is 2.68. The largest absolute Gasteiger partial charge is 0.375 e. The summed E-state index contributed by atoms with van der Waals surface area (Å²) in [6.07, 6.45) is 2.25. The van der Waals surface area contributed by atoms with Crippen LogP contribution in [-0.4, -0.2) is 50.2 Å². The minimum atomic E-state index is 0.106. The molecule has 0 spiro atoms. The average molecular weight is 228 g/mol. The van der Waals surface area contributed by atoms with Crippen molar-refractivity contribution >= 4 is 5.78 Å². The number of hydrogen-bond acceptors (Lipinski definition) is 2. The standard InChI is InChI=1S/C13H26NO2/c1-10(2)16-12-8-13(12,7-11(3)15)9-14(4,5)6/h10,12H,7-9H2,1-6H3/q+1. The van der Waals surface area contributed by atoms with E-state index in [0.29, 0.717) is 6.42 Å². The third-order valence-electron chi connectivity index (χ3n) is 2.94. The number of carbonyl (C=O) groups is 1. The number of carbonyl (C=O) groups excluding carboxylic acids is 1. The SMILES string of the molecule is CC(=O)CC1(C[N+](C)(C)C)CC1OC(C)C. The number of quaternary nitrogens is 1. The Morgan fingerprint density at radius 2 is 2.00 bits per heavy atom. The molecule has 1 aliphatic carbocycles. The van der Waals surface area contributed by atoms with Gasteiger partial charge in [0.15, 0.2) is 0 Å². The lowest BCUT2D eigenvalue weighted by Crippen LogP contribution is -2.42. The molecule has 0 radical (unpaired) electrons. The van der Waals surface area contributed by atoms with E-state index >= 15 is 0 Å². The van der Waals surface area contributed by atoms with Crippen LogP contribution in [0.2, 0.25) is 0 Å². The van der Waals surface area contributed by atoms with Crippen molar-refractivity contribution in [3.05, 3.63) is 0 Å². The molecule has 0 aromatic rings. The fraction of sp³-hybridized carbons (Fsp3) is 0.923. The first kappa shape index (κ1) is 13.7. The molecule has 16 heavy (non-hydrogen) atoms. The average Bonchev–Trinajstić information content (AvgIpc) is 2.53. The number of rotatable bonds is 6. The first-order valence-corrected chi connectivity index (χ1v) is 6.10. The molecule has 0 heterocycles. The second-order valence-electron chi connectivity index (χ2n) is 6.57. The lowest BCUT2D eigenvalue weighted by atomic mass is 9.98. The van der Waals surface area contributed by atoms with Crippen LogP contribution in [0, 0.1) is 5.41 Å². The lowest BCUT2D eigenvalue weighted by Gasteiger charge is -2.29. The topological polar surface area (TPSA) is 26.3 Å². The third-order valence-corrected chi connectivity index (χ3v) is 2.94. The first-order chi connectivity index (χ1) is 7.15. The molecule has 1 aliphatic rings. The molecule has 3 heteroatoms. The minimum Gasteiger partial charge on any atom is -0.375 e. The van der Waals surface area contributed by atoms with E-state index in [1.165, 1.54) is 0 Å². The Hall–Kier alpha value is -0.410. The maximum atomic E-state index is 11.4. The van der Waals surface area contributed by atoms with E-state index < -0.39 is 0 Å². The Bertz CT molecular complexity index is 268. The normalized spacial score (nSPS) is 29.6. The van der Waals surface area contributed by atoms with Gasteiger partial charge in [-0.15, -0.1) is 0 Å². The highest BCUT2D eigenvalue weighted by molar-refractivity contribution is 5.77. The van der Waals surface area contributed by atoms with Crippen molar-refractivity contribution in [2.24, 2.45) is 5.41 Å². The molecule has 2 unspecified atom stereocenters.